The Hall–Kier alpha value is -1.47. The molecule has 0 spiro atoms. The summed E-state index contributed by atoms with van der Waals surface area (Å²) in [6.45, 7) is 0. The summed E-state index contributed by atoms with van der Waals surface area (Å²) in [5, 5.41) is 11.0. The van der Waals surface area contributed by atoms with Gasteiger partial charge in [-0.3, -0.25) is 10.1 Å². The molecule has 0 aliphatic heterocycles. The number of hydrogen-bond donors (Lipinski definition) is 1. The van der Waals surface area contributed by atoms with Gasteiger partial charge in [-0.1, -0.05) is 24.6 Å². The van der Waals surface area contributed by atoms with E-state index in [0.717, 1.165) is 19.1 Å². The Morgan fingerprint density at radius 2 is 2.00 bits per heavy atom. The van der Waals surface area contributed by atoms with E-state index in [2.05, 4.69) is 4.72 Å². The van der Waals surface area contributed by atoms with Crippen molar-refractivity contribution in [3.63, 3.8) is 0 Å². The quantitative estimate of drug-likeness (QED) is 0.674. The molecule has 0 amide bonds. The van der Waals surface area contributed by atoms with E-state index in [1.54, 1.807) is 18.2 Å². The number of hydrogen-bond acceptors (Lipinski definition) is 4. The fourth-order valence-corrected chi connectivity index (χ4v) is 3.55. The van der Waals surface area contributed by atoms with Crippen molar-refractivity contribution in [2.24, 2.45) is 0 Å². The van der Waals surface area contributed by atoms with Crippen molar-refractivity contribution < 1.29 is 13.3 Å². The van der Waals surface area contributed by atoms with Crippen LogP contribution in [0.5, 0.6) is 0 Å². The van der Waals surface area contributed by atoms with E-state index in [4.69, 9.17) is 0 Å². The van der Waals surface area contributed by atoms with Crippen molar-refractivity contribution in [2.75, 3.05) is 6.26 Å². The van der Waals surface area contributed by atoms with Crippen LogP contribution in [0.2, 0.25) is 0 Å². The van der Waals surface area contributed by atoms with Crippen LogP contribution < -0.4 is 4.72 Å². The van der Waals surface area contributed by atoms with Gasteiger partial charge in [-0.2, -0.15) is 0 Å². The topological polar surface area (TPSA) is 89.3 Å². The maximum atomic E-state index is 11.3. The van der Waals surface area contributed by atoms with E-state index in [0.29, 0.717) is 12.0 Å². The maximum Gasteiger partial charge on any atom is 0.272 e. The van der Waals surface area contributed by atoms with Gasteiger partial charge in [0.15, 0.2) is 0 Å². The number of sulfonamides is 1. The zero-order valence-electron chi connectivity index (χ0n) is 10.6. The molecule has 1 saturated carbocycles. The van der Waals surface area contributed by atoms with E-state index < -0.39 is 14.9 Å². The molecule has 19 heavy (non-hydrogen) atoms. The molecule has 1 aliphatic carbocycles. The number of para-hydroxylation sites is 1. The van der Waals surface area contributed by atoms with Crippen LogP contribution in [0.3, 0.4) is 0 Å². The highest BCUT2D eigenvalue weighted by molar-refractivity contribution is 7.88. The molecule has 1 aromatic carbocycles. The van der Waals surface area contributed by atoms with Gasteiger partial charge in [0.1, 0.15) is 0 Å². The van der Waals surface area contributed by atoms with Crippen LogP contribution in [-0.2, 0) is 10.0 Å². The summed E-state index contributed by atoms with van der Waals surface area (Å²) in [7, 11) is -3.30. The SMILES string of the molecule is CS(=O)(=O)NC1CCCC1c1ccccc1[N+](=O)[O-]. The average molecular weight is 284 g/mol. The van der Waals surface area contributed by atoms with Crippen molar-refractivity contribution >= 4 is 15.7 Å². The Morgan fingerprint density at radius 1 is 1.32 bits per heavy atom. The number of nitrogens with zero attached hydrogens (tertiary/aromatic N) is 1. The number of nitrogens with one attached hydrogen (secondary N) is 1. The third-order valence-electron chi connectivity index (χ3n) is 3.41. The van der Waals surface area contributed by atoms with Gasteiger partial charge in [0, 0.05) is 23.6 Å². The van der Waals surface area contributed by atoms with Gasteiger partial charge in [-0.25, -0.2) is 13.1 Å². The summed E-state index contributed by atoms with van der Waals surface area (Å²) in [6.07, 6.45) is 3.45. The van der Waals surface area contributed by atoms with Crippen LogP contribution in [0.1, 0.15) is 30.7 Å². The van der Waals surface area contributed by atoms with Gasteiger partial charge in [0.05, 0.1) is 11.2 Å². The lowest BCUT2D eigenvalue weighted by Gasteiger charge is -2.20. The fraction of sp³-hybridized carbons (Fsp3) is 0.500. The highest BCUT2D eigenvalue weighted by Crippen LogP contribution is 2.38. The fourth-order valence-electron chi connectivity index (χ4n) is 2.72. The van der Waals surface area contributed by atoms with Crippen molar-refractivity contribution in [2.45, 2.75) is 31.2 Å². The Kier molecular flexibility index (Phi) is 3.86. The lowest BCUT2D eigenvalue weighted by molar-refractivity contribution is -0.385. The molecule has 2 unspecified atom stereocenters. The van der Waals surface area contributed by atoms with Gasteiger partial charge in [0.2, 0.25) is 10.0 Å². The van der Waals surface area contributed by atoms with E-state index in [1.807, 2.05) is 0 Å². The van der Waals surface area contributed by atoms with Crippen LogP contribution in [-0.4, -0.2) is 25.6 Å². The highest BCUT2D eigenvalue weighted by atomic mass is 32.2. The Bertz CT molecular complexity index is 585. The predicted octanol–water partition coefficient (Wildman–Crippen LogP) is 1.78. The second-order valence-corrected chi connectivity index (χ2v) is 6.63. The molecular weight excluding hydrogens is 268 g/mol. The molecule has 6 nitrogen and oxygen atoms in total. The predicted molar refractivity (Wildman–Crippen MR) is 71.5 cm³/mol. The first-order valence-corrected chi connectivity index (χ1v) is 7.98. The van der Waals surface area contributed by atoms with E-state index in [-0.39, 0.29) is 17.6 Å². The van der Waals surface area contributed by atoms with E-state index in [1.165, 1.54) is 6.07 Å². The van der Waals surface area contributed by atoms with Crippen LogP contribution in [0.15, 0.2) is 24.3 Å². The molecule has 1 fully saturated rings. The molecule has 1 aromatic rings. The number of rotatable bonds is 4. The summed E-state index contributed by atoms with van der Waals surface area (Å²) in [6, 6.07) is 6.29. The molecule has 0 saturated heterocycles. The largest absolute Gasteiger partial charge is 0.272 e. The van der Waals surface area contributed by atoms with Crippen molar-refractivity contribution in [3.05, 3.63) is 39.9 Å². The van der Waals surface area contributed by atoms with Gasteiger partial charge in [-0.05, 0) is 12.8 Å². The van der Waals surface area contributed by atoms with Gasteiger partial charge >= 0.3 is 0 Å². The first kappa shape index (κ1) is 14.0. The molecule has 104 valence electrons. The Labute approximate surface area is 112 Å². The molecule has 0 heterocycles. The first-order valence-electron chi connectivity index (χ1n) is 6.09. The van der Waals surface area contributed by atoms with E-state index in [9.17, 15) is 18.5 Å². The van der Waals surface area contributed by atoms with Crippen LogP contribution in [0.4, 0.5) is 5.69 Å². The maximum absolute atomic E-state index is 11.3. The number of benzene rings is 1. The average Bonchev–Trinajstić information content (AvgIpc) is 2.74. The third kappa shape index (κ3) is 3.30. The minimum Gasteiger partial charge on any atom is -0.258 e. The molecule has 2 rings (SSSR count). The minimum atomic E-state index is -3.30. The first-order chi connectivity index (χ1) is 8.88. The molecule has 0 aromatic heterocycles. The monoisotopic (exact) mass is 284 g/mol. The summed E-state index contributed by atoms with van der Waals surface area (Å²) in [5.41, 5.74) is 0.681. The molecule has 7 heteroatoms. The lowest BCUT2D eigenvalue weighted by Crippen LogP contribution is -2.35. The second-order valence-electron chi connectivity index (χ2n) is 4.85. The molecule has 2 atom stereocenters. The minimum absolute atomic E-state index is 0.0645. The zero-order valence-corrected chi connectivity index (χ0v) is 11.4. The summed E-state index contributed by atoms with van der Waals surface area (Å²) < 4.78 is 25.3. The number of nitro benzene ring substituents is 1. The van der Waals surface area contributed by atoms with Crippen LogP contribution >= 0.6 is 0 Å². The van der Waals surface area contributed by atoms with Gasteiger partial charge < -0.3 is 0 Å². The zero-order chi connectivity index (χ0) is 14.0. The Balaban J connectivity index is 2.33. The molecule has 0 bridgehead atoms. The summed E-state index contributed by atoms with van der Waals surface area (Å²) >= 11 is 0. The van der Waals surface area contributed by atoms with Crippen molar-refractivity contribution in [1.82, 2.24) is 4.72 Å². The molecular formula is C12H16N2O4S. The normalized spacial score (nSPS) is 23.4. The lowest BCUT2D eigenvalue weighted by atomic mass is 9.93. The van der Waals surface area contributed by atoms with Crippen LogP contribution in [0.25, 0.3) is 0 Å². The highest BCUT2D eigenvalue weighted by Gasteiger charge is 2.34. The smallest absolute Gasteiger partial charge is 0.258 e. The van der Waals surface area contributed by atoms with Crippen molar-refractivity contribution in [1.29, 1.82) is 0 Å². The van der Waals surface area contributed by atoms with Gasteiger partial charge in [0.25, 0.3) is 5.69 Å². The summed E-state index contributed by atoms with van der Waals surface area (Å²) in [5.74, 6) is -0.128. The van der Waals surface area contributed by atoms with E-state index >= 15 is 0 Å². The van der Waals surface area contributed by atoms with Crippen molar-refractivity contribution in [3.8, 4) is 0 Å². The second kappa shape index (κ2) is 5.26. The molecule has 1 N–H and O–H groups in total. The number of nitro groups is 1. The van der Waals surface area contributed by atoms with Crippen LogP contribution in [0, 0.1) is 10.1 Å². The molecule has 0 radical (unpaired) electrons. The summed E-state index contributed by atoms with van der Waals surface area (Å²) in [4.78, 5) is 10.6. The Morgan fingerprint density at radius 3 is 2.63 bits per heavy atom. The third-order valence-corrected chi connectivity index (χ3v) is 4.15. The standard InChI is InChI=1S/C12H16N2O4S/c1-19(17,18)13-11-7-4-6-9(11)10-5-2-3-8-12(10)14(15)16/h2-3,5,8-9,11,13H,4,6-7H2,1H3. The molecule has 1 aliphatic rings. The van der Waals surface area contributed by atoms with Gasteiger partial charge in [-0.15, -0.1) is 0 Å².